The van der Waals surface area contributed by atoms with Crippen LogP contribution in [0.3, 0.4) is 0 Å². The molecule has 5 heteroatoms. The van der Waals surface area contributed by atoms with Crippen LogP contribution in [0.15, 0.2) is 36.4 Å². The number of fused-ring (bicyclic) bond motifs is 1. The van der Waals surface area contributed by atoms with Gasteiger partial charge in [-0.05, 0) is 55.8 Å². The van der Waals surface area contributed by atoms with Gasteiger partial charge in [-0.2, -0.15) is 0 Å². The Balaban J connectivity index is 2.37. The van der Waals surface area contributed by atoms with Crippen molar-refractivity contribution in [3.05, 3.63) is 36.4 Å². The van der Waals surface area contributed by atoms with Gasteiger partial charge >= 0.3 is 6.09 Å². The van der Waals surface area contributed by atoms with E-state index < -0.39 is 11.7 Å². The van der Waals surface area contributed by atoms with Crippen LogP contribution in [-0.2, 0) is 9.53 Å². The van der Waals surface area contributed by atoms with Gasteiger partial charge in [0.25, 0.3) is 0 Å². The van der Waals surface area contributed by atoms with Crippen LogP contribution < -0.4 is 9.64 Å². The molecule has 122 valence electrons. The molecule has 0 saturated carbocycles. The molecule has 0 radical (unpaired) electrons. The Morgan fingerprint density at radius 2 is 1.78 bits per heavy atom. The lowest BCUT2D eigenvalue weighted by Crippen LogP contribution is -2.38. The van der Waals surface area contributed by atoms with E-state index in [-0.39, 0.29) is 6.54 Å². The molecule has 2 rings (SSSR count). The minimum absolute atomic E-state index is 0.0590. The van der Waals surface area contributed by atoms with Crippen LogP contribution in [0.5, 0.6) is 5.75 Å². The maximum atomic E-state index is 12.3. The molecule has 0 spiro atoms. The Morgan fingerprint density at radius 1 is 1.13 bits per heavy atom. The van der Waals surface area contributed by atoms with Gasteiger partial charge in [-0.3, -0.25) is 4.90 Å². The molecule has 0 aliphatic rings. The van der Waals surface area contributed by atoms with Gasteiger partial charge in [0.05, 0.1) is 13.7 Å². The minimum atomic E-state index is -0.623. The van der Waals surface area contributed by atoms with Gasteiger partial charge in [-0.25, -0.2) is 4.79 Å². The second kappa shape index (κ2) is 6.69. The fourth-order valence-electron chi connectivity index (χ4n) is 2.18. The summed E-state index contributed by atoms with van der Waals surface area (Å²) in [4.78, 5) is 24.6. The number of anilines is 1. The molecule has 2 aromatic carbocycles. The number of ether oxygens (including phenoxy) is 2. The number of methoxy groups -OCH3 is 1. The molecule has 0 aromatic heterocycles. The van der Waals surface area contributed by atoms with Crippen molar-refractivity contribution in [2.45, 2.75) is 26.4 Å². The molecule has 0 heterocycles. The summed E-state index contributed by atoms with van der Waals surface area (Å²) >= 11 is 0. The van der Waals surface area contributed by atoms with Crippen molar-refractivity contribution in [3.63, 3.8) is 0 Å². The predicted molar refractivity (Wildman–Crippen MR) is 90.1 cm³/mol. The number of nitrogens with zero attached hydrogens (tertiary/aromatic N) is 1. The van der Waals surface area contributed by atoms with Crippen molar-refractivity contribution in [2.24, 2.45) is 0 Å². The summed E-state index contributed by atoms with van der Waals surface area (Å²) < 4.78 is 10.6. The van der Waals surface area contributed by atoms with Crippen molar-refractivity contribution in [3.8, 4) is 5.75 Å². The topological polar surface area (TPSA) is 55.8 Å². The summed E-state index contributed by atoms with van der Waals surface area (Å²) in [6, 6.07) is 11.2. The monoisotopic (exact) mass is 315 g/mol. The first-order valence-electron chi connectivity index (χ1n) is 7.36. The average Bonchev–Trinajstić information content (AvgIpc) is 2.49. The van der Waals surface area contributed by atoms with E-state index in [1.807, 2.05) is 30.3 Å². The molecule has 0 unspecified atom stereocenters. The van der Waals surface area contributed by atoms with E-state index in [2.05, 4.69) is 0 Å². The summed E-state index contributed by atoms with van der Waals surface area (Å²) in [5, 5.41) is 1.94. The number of hydrogen-bond donors (Lipinski definition) is 0. The molecule has 0 fully saturated rings. The van der Waals surface area contributed by atoms with Gasteiger partial charge < -0.3 is 14.3 Å². The van der Waals surface area contributed by atoms with Crippen LogP contribution in [0.25, 0.3) is 10.8 Å². The fourth-order valence-corrected chi connectivity index (χ4v) is 2.18. The van der Waals surface area contributed by atoms with E-state index in [4.69, 9.17) is 9.47 Å². The molecular weight excluding hydrogens is 294 g/mol. The largest absolute Gasteiger partial charge is 0.497 e. The van der Waals surface area contributed by atoms with Crippen LogP contribution in [0.4, 0.5) is 10.5 Å². The Kier molecular flexibility index (Phi) is 4.89. The highest BCUT2D eigenvalue weighted by Crippen LogP contribution is 2.26. The van der Waals surface area contributed by atoms with Crippen molar-refractivity contribution < 1.29 is 19.1 Å². The molecule has 0 bridgehead atoms. The van der Waals surface area contributed by atoms with E-state index in [1.54, 1.807) is 33.9 Å². The molecule has 2 aromatic rings. The highest BCUT2D eigenvalue weighted by Gasteiger charge is 2.23. The minimum Gasteiger partial charge on any atom is -0.497 e. The first-order chi connectivity index (χ1) is 10.8. The predicted octanol–water partition coefficient (Wildman–Crippen LogP) is 3.79. The van der Waals surface area contributed by atoms with Gasteiger partial charge in [0.2, 0.25) is 0 Å². The van der Waals surface area contributed by atoms with E-state index in [1.165, 1.54) is 4.90 Å². The normalized spacial score (nSPS) is 11.1. The Morgan fingerprint density at radius 3 is 2.39 bits per heavy atom. The Hall–Kier alpha value is -2.56. The molecule has 23 heavy (non-hydrogen) atoms. The van der Waals surface area contributed by atoms with Crippen molar-refractivity contribution in [2.75, 3.05) is 18.6 Å². The van der Waals surface area contributed by atoms with Crippen LogP contribution in [0, 0.1) is 0 Å². The smallest absolute Gasteiger partial charge is 0.415 e. The number of rotatable bonds is 4. The fraction of sp³-hybridized carbons (Fsp3) is 0.333. The Bertz CT molecular complexity index is 719. The number of hydrogen-bond acceptors (Lipinski definition) is 4. The molecule has 0 saturated heterocycles. The van der Waals surface area contributed by atoms with Crippen LogP contribution in [-0.4, -0.2) is 31.6 Å². The quantitative estimate of drug-likeness (QED) is 0.806. The van der Waals surface area contributed by atoms with Crippen molar-refractivity contribution in [1.29, 1.82) is 0 Å². The summed E-state index contributed by atoms with van der Waals surface area (Å²) in [5.74, 6) is 0.766. The number of amides is 1. The highest BCUT2D eigenvalue weighted by atomic mass is 16.6. The summed E-state index contributed by atoms with van der Waals surface area (Å²) in [6.07, 6.45) is 0.139. The summed E-state index contributed by atoms with van der Waals surface area (Å²) in [5.41, 5.74) is -0.00776. The van der Waals surface area contributed by atoms with E-state index in [9.17, 15) is 9.59 Å². The molecular formula is C18H21NO4. The first-order valence-corrected chi connectivity index (χ1v) is 7.36. The van der Waals surface area contributed by atoms with E-state index in [0.717, 1.165) is 16.5 Å². The summed E-state index contributed by atoms with van der Waals surface area (Å²) in [7, 11) is 1.61. The van der Waals surface area contributed by atoms with Gasteiger partial charge in [0.1, 0.15) is 17.6 Å². The first kappa shape index (κ1) is 16.8. The highest BCUT2D eigenvalue weighted by molar-refractivity contribution is 5.95. The average molecular weight is 315 g/mol. The third-order valence-electron chi connectivity index (χ3n) is 3.21. The lowest BCUT2D eigenvalue weighted by molar-refractivity contribution is -0.106. The van der Waals surface area contributed by atoms with Gasteiger partial charge in [-0.15, -0.1) is 0 Å². The zero-order valence-electron chi connectivity index (χ0n) is 13.8. The second-order valence-corrected chi connectivity index (χ2v) is 6.15. The number of benzene rings is 2. The van der Waals surface area contributed by atoms with E-state index >= 15 is 0 Å². The van der Waals surface area contributed by atoms with Crippen molar-refractivity contribution >= 4 is 28.8 Å². The zero-order chi connectivity index (χ0) is 17.0. The SMILES string of the molecule is COc1ccc2cc(N(CC=O)C(=O)OC(C)(C)C)ccc2c1. The molecule has 5 nitrogen and oxygen atoms in total. The van der Waals surface area contributed by atoms with E-state index in [0.29, 0.717) is 12.0 Å². The third-order valence-corrected chi connectivity index (χ3v) is 3.21. The maximum absolute atomic E-state index is 12.3. The summed E-state index contributed by atoms with van der Waals surface area (Å²) in [6.45, 7) is 5.31. The van der Waals surface area contributed by atoms with Crippen molar-refractivity contribution in [1.82, 2.24) is 0 Å². The number of carbonyl (C=O) groups excluding carboxylic acids is 2. The Labute approximate surface area is 135 Å². The maximum Gasteiger partial charge on any atom is 0.415 e. The van der Waals surface area contributed by atoms with Crippen LogP contribution in [0.2, 0.25) is 0 Å². The van der Waals surface area contributed by atoms with Crippen LogP contribution in [0.1, 0.15) is 20.8 Å². The standard InChI is InChI=1S/C18H21NO4/c1-18(2,3)23-17(21)19(9-10-20)15-7-5-14-12-16(22-4)8-6-13(14)11-15/h5-8,10-12H,9H2,1-4H3. The third kappa shape index (κ3) is 4.22. The molecule has 0 N–H and O–H groups in total. The number of aldehydes is 1. The van der Waals surface area contributed by atoms with Gasteiger partial charge in [-0.1, -0.05) is 12.1 Å². The molecule has 0 aliphatic heterocycles. The second-order valence-electron chi connectivity index (χ2n) is 6.15. The zero-order valence-corrected chi connectivity index (χ0v) is 13.8. The number of carbonyl (C=O) groups is 2. The van der Waals surface area contributed by atoms with Gasteiger partial charge in [0.15, 0.2) is 0 Å². The molecule has 1 amide bonds. The lowest BCUT2D eigenvalue weighted by atomic mass is 10.1. The lowest BCUT2D eigenvalue weighted by Gasteiger charge is -2.26. The van der Waals surface area contributed by atoms with Crippen LogP contribution >= 0.6 is 0 Å². The van der Waals surface area contributed by atoms with Gasteiger partial charge in [0, 0.05) is 5.69 Å². The molecule has 0 atom stereocenters. The molecule has 0 aliphatic carbocycles.